The molecule has 1 heterocycles. The Bertz CT molecular complexity index is 824. The third-order valence-corrected chi connectivity index (χ3v) is 3.43. The van der Waals surface area contributed by atoms with Crippen molar-refractivity contribution in [1.82, 2.24) is 9.55 Å². The van der Waals surface area contributed by atoms with Crippen molar-refractivity contribution >= 4 is 28.6 Å². The van der Waals surface area contributed by atoms with E-state index in [0.29, 0.717) is 11.0 Å². The summed E-state index contributed by atoms with van der Waals surface area (Å²) in [6.45, 7) is 0. The molecule has 0 saturated carbocycles. The van der Waals surface area contributed by atoms with E-state index in [1.165, 1.54) is 16.7 Å². The van der Waals surface area contributed by atoms with Crippen LogP contribution in [-0.2, 0) is 6.18 Å². The zero-order chi connectivity index (χ0) is 15.2. The fourth-order valence-electron chi connectivity index (χ4n) is 2.19. The second-order valence-corrected chi connectivity index (χ2v) is 4.86. The lowest BCUT2D eigenvalue weighted by Gasteiger charge is -2.12. The molecule has 0 radical (unpaired) electrons. The number of hydrogen-bond acceptors (Lipinski definition) is 2. The van der Waals surface area contributed by atoms with Crippen molar-refractivity contribution in [3.8, 4) is 5.69 Å². The third kappa shape index (κ3) is 2.31. The SMILES string of the molecule is Nc1nc2ccccc2n1-c1ccc(Cl)c(C(F)(F)F)c1. The first-order valence-electron chi connectivity index (χ1n) is 5.98. The van der Waals surface area contributed by atoms with Gasteiger partial charge in [-0.1, -0.05) is 23.7 Å². The molecular weight excluding hydrogens is 303 g/mol. The van der Waals surface area contributed by atoms with Gasteiger partial charge in [-0.05, 0) is 30.3 Å². The number of nitrogen functional groups attached to an aromatic ring is 1. The number of alkyl halides is 3. The molecule has 0 amide bonds. The van der Waals surface area contributed by atoms with Crippen LogP contribution in [0.2, 0.25) is 5.02 Å². The van der Waals surface area contributed by atoms with Gasteiger partial charge in [-0.25, -0.2) is 4.98 Å². The first kappa shape index (κ1) is 13.8. The maximum Gasteiger partial charge on any atom is 0.417 e. The molecule has 3 nitrogen and oxygen atoms in total. The van der Waals surface area contributed by atoms with Crippen LogP contribution in [0.5, 0.6) is 0 Å². The molecule has 1 aromatic heterocycles. The molecule has 0 spiro atoms. The quantitative estimate of drug-likeness (QED) is 0.729. The molecule has 3 rings (SSSR count). The van der Waals surface area contributed by atoms with Crippen LogP contribution in [0.3, 0.4) is 0 Å². The average molecular weight is 312 g/mol. The Labute approximate surface area is 122 Å². The maximum atomic E-state index is 12.9. The Hall–Kier alpha value is -2.21. The van der Waals surface area contributed by atoms with Crippen LogP contribution in [0.1, 0.15) is 5.56 Å². The van der Waals surface area contributed by atoms with E-state index >= 15 is 0 Å². The van der Waals surface area contributed by atoms with Crippen molar-refractivity contribution in [2.24, 2.45) is 0 Å². The minimum absolute atomic E-state index is 0.117. The highest BCUT2D eigenvalue weighted by Gasteiger charge is 2.33. The molecule has 0 unspecified atom stereocenters. The topological polar surface area (TPSA) is 43.8 Å². The number of imidazole rings is 1. The van der Waals surface area contributed by atoms with Gasteiger partial charge in [-0.15, -0.1) is 0 Å². The minimum atomic E-state index is -4.53. The monoisotopic (exact) mass is 311 g/mol. The van der Waals surface area contributed by atoms with Gasteiger partial charge in [0.1, 0.15) is 0 Å². The molecule has 0 aliphatic rings. The number of rotatable bonds is 1. The van der Waals surface area contributed by atoms with Crippen LogP contribution < -0.4 is 5.73 Å². The molecule has 7 heteroatoms. The summed E-state index contributed by atoms with van der Waals surface area (Å²) in [5, 5.41) is -0.353. The predicted molar refractivity (Wildman–Crippen MR) is 75.5 cm³/mol. The number of para-hydroxylation sites is 2. The number of fused-ring (bicyclic) bond motifs is 1. The summed E-state index contributed by atoms with van der Waals surface area (Å²) in [6.07, 6.45) is -4.53. The lowest BCUT2D eigenvalue weighted by molar-refractivity contribution is -0.137. The van der Waals surface area contributed by atoms with Gasteiger partial charge < -0.3 is 5.73 Å². The summed E-state index contributed by atoms with van der Waals surface area (Å²) in [5.41, 5.74) is 6.42. The van der Waals surface area contributed by atoms with Gasteiger partial charge in [0.15, 0.2) is 0 Å². The van der Waals surface area contributed by atoms with Crippen molar-refractivity contribution in [3.05, 3.63) is 53.1 Å². The van der Waals surface area contributed by atoms with Gasteiger partial charge in [0.25, 0.3) is 0 Å². The summed E-state index contributed by atoms with van der Waals surface area (Å²) in [4.78, 5) is 4.13. The van der Waals surface area contributed by atoms with E-state index in [-0.39, 0.29) is 16.7 Å². The zero-order valence-electron chi connectivity index (χ0n) is 10.5. The molecule has 0 fully saturated rings. The highest BCUT2D eigenvalue weighted by Crippen LogP contribution is 2.36. The van der Waals surface area contributed by atoms with Crippen LogP contribution in [0.4, 0.5) is 19.1 Å². The zero-order valence-corrected chi connectivity index (χ0v) is 11.3. The summed E-state index contributed by atoms with van der Waals surface area (Å²) in [5.74, 6) is 0.117. The van der Waals surface area contributed by atoms with Crippen LogP contribution >= 0.6 is 11.6 Å². The van der Waals surface area contributed by atoms with Crippen molar-refractivity contribution in [2.45, 2.75) is 6.18 Å². The summed E-state index contributed by atoms with van der Waals surface area (Å²) >= 11 is 5.62. The van der Waals surface area contributed by atoms with Gasteiger partial charge >= 0.3 is 6.18 Å². The third-order valence-electron chi connectivity index (χ3n) is 3.10. The molecule has 2 N–H and O–H groups in total. The Balaban J connectivity index is 2.27. The number of hydrogen-bond donors (Lipinski definition) is 1. The normalized spacial score (nSPS) is 12.0. The number of aromatic nitrogens is 2. The smallest absolute Gasteiger partial charge is 0.369 e. The highest BCUT2D eigenvalue weighted by molar-refractivity contribution is 6.31. The van der Waals surface area contributed by atoms with Crippen molar-refractivity contribution in [1.29, 1.82) is 0 Å². The molecule has 108 valence electrons. The molecule has 3 aromatic rings. The Morgan fingerprint density at radius 1 is 1.10 bits per heavy atom. The van der Waals surface area contributed by atoms with Gasteiger partial charge in [0, 0.05) is 5.69 Å². The number of nitrogens with zero attached hydrogens (tertiary/aromatic N) is 2. The van der Waals surface area contributed by atoms with E-state index in [2.05, 4.69) is 4.98 Å². The van der Waals surface area contributed by atoms with Crippen LogP contribution in [0.15, 0.2) is 42.5 Å². The molecule has 0 saturated heterocycles. The Morgan fingerprint density at radius 3 is 2.52 bits per heavy atom. The molecule has 0 bridgehead atoms. The van der Waals surface area contributed by atoms with Crippen LogP contribution in [0, 0.1) is 0 Å². The van der Waals surface area contributed by atoms with Gasteiger partial charge in [-0.2, -0.15) is 13.2 Å². The Morgan fingerprint density at radius 2 is 1.81 bits per heavy atom. The minimum Gasteiger partial charge on any atom is -0.369 e. The lowest BCUT2D eigenvalue weighted by atomic mass is 10.2. The van der Waals surface area contributed by atoms with Gasteiger partial charge in [0.05, 0.1) is 21.6 Å². The van der Waals surface area contributed by atoms with E-state index in [1.54, 1.807) is 24.3 Å². The lowest BCUT2D eigenvalue weighted by Crippen LogP contribution is -2.08. The standard InChI is InChI=1S/C14H9ClF3N3/c15-10-6-5-8(7-9(10)14(16,17)18)21-12-4-2-1-3-11(12)20-13(21)19/h1-7H,(H2,19,20). The first-order valence-corrected chi connectivity index (χ1v) is 6.36. The predicted octanol–water partition coefficient (Wildman–Crippen LogP) is 4.28. The summed E-state index contributed by atoms with van der Waals surface area (Å²) < 4.78 is 40.3. The number of anilines is 1. The summed E-state index contributed by atoms with van der Waals surface area (Å²) in [6, 6.07) is 10.7. The largest absolute Gasteiger partial charge is 0.417 e. The van der Waals surface area contributed by atoms with E-state index in [4.69, 9.17) is 17.3 Å². The van der Waals surface area contributed by atoms with E-state index in [9.17, 15) is 13.2 Å². The van der Waals surface area contributed by atoms with Gasteiger partial charge in [0.2, 0.25) is 5.95 Å². The van der Waals surface area contributed by atoms with Crippen LogP contribution in [0.25, 0.3) is 16.7 Å². The van der Waals surface area contributed by atoms with E-state index < -0.39 is 11.7 Å². The summed E-state index contributed by atoms with van der Waals surface area (Å²) in [7, 11) is 0. The fraction of sp³-hybridized carbons (Fsp3) is 0.0714. The number of halogens is 4. The molecule has 0 aliphatic carbocycles. The Kier molecular flexibility index (Phi) is 3.06. The second-order valence-electron chi connectivity index (χ2n) is 4.46. The second kappa shape index (κ2) is 4.66. The number of nitrogens with two attached hydrogens (primary N) is 1. The molecule has 2 aromatic carbocycles. The molecule has 21 heavy (non-hydrogen) atoms. The van der Waals surface area contributed by atoms with E-state index in [0.717, 1.165) is 6.07 Å². The van der Waals surface area contributed by atoms with Crippen LogP contribution in [-0.4, -0.2) is 9.55 Å². The van der Waals surface area contributed by atoms with Crippen molar-refractivity contribution in [2.75, 3.05) is 5.73 Å². The average Bonchev–Trinajstić information content (AvgIpc) is 2.74. The van der Waals surface area contributed by atoms with Crippen molar-refractivity contribution in [3.63, 3.8) is 0 Å². The number of benzene rings is 2. The van der Waals surface area contributed by atoms with Gasteiger partial charge in [-0.3, -0.25) is 4.57 Å². The molecule has 0 aliphatic heterocycles. The molecular formula is C14H9ClF3N3. The van der Waals surface area contributed by atoms with E-state index in [1.807, 2.05) is 0 Å². The highest BCUT2D eigenvalue weighted by atomic mass is 35.5. The first-order chi connectivity index (χ1) is 9.88. The fourth-order valence-corrected chi connectivity index (χ4v) is 2.41. The maximum absolute atomic E-state index is 12.9. The van der Waals surface area contributed by atoms with Crippen molar-refractivity contribution < 1.29 is 13.2 Å². The molecule has 0 atom stereocenters.